The Hall–Kier alpha value is -1.42. The second kappa shape index (κ2) is 13.9. The van der Waals surface area contributed by atoms with Crippen LogP contribution in [-0.4, -0.2) is 78.2 Å². The number of carbonyl (C=O) groups is 2. The van der Waals surface area contributed by atoms with Gasteiger partial charge < -0.3 is 24.4 Å². The van der Waals surface area contributed by atoms with E-state index in [4.69, 9.17) is 14.2 Å². The fraction of sp³-hybridized carbons (Fsp3) is 0.889. The number of ketones is 1. The average Bonchev–Trinajstić information content (AvgIpc) is 2.85. The zero-order valence-corrected chi connectivity index (χ0v) is 23.5. The van der Waals surface area contributed by atoms with Crippen molar-refractivity contribution in [3.8, 4) is 0 Å². The highest BCUT2D eigenvalue weighted by Crippen LogP contribution is 2.38. The molecule has 0 aromatic heterocycles. The standard InChI is InChI=1S/C27H48FNO7/c1-10-21-27(8,33)24(31)18(4)22(29-15-35-13-11-12-28)16(2)14-26(7,34-9)20(6)17(3)23(30)19(5)25(32)36-21/h16-21,24,31,33H,10-15H2,1-9H3/t16-,17-,18+,19-,20-,21-,24-,26-,27-/m1/s1. The molecule has 2 N–H and O–H groups in total. The number of nitrogens with zero attached hydrogens (tertiary/aromatic N) is 1. The first-order valence-electron chi connectivity index (χ1n) is 13.1. The summed E-state index contributed by atoms with van der Waals surface area (Å²) in [6.45, 7) is 13.8. The Balaban J connectivity index is 3.58. The molecule has 0 unspecified atom stereocenters. The number of methoxy groups -OCH3 is 1. The molecule has 1 aliphatic heterocycles. The molecular formula is C27H48FNO7. The van der Waals surface area contributed by atoms with Gasteiger partial charge in [-0.05, 0) is 51.9 Å². The van der Waals surface area contributed by atoms with E-state index in [0.29, 0.717) is 12.1 Å². The number of cyclic esters (lactones) is 1. The molecule has 1 saturated heterocycles. The highest BCUT2D eigenvalue weighted by atomic mass is 19.1. The third-order valence-electron chi connectivity index (χ3n) is 8.21. The maximum atomic E-state index is 13.3. The van der Waals surface area contributed by atoms with E-state index in [9.17, 15) is 24.2 Å². The first kappa shape index (κ1) is 32.6. The number of Topliss-reactive ketones (excluding diaryl/α,β-unsaturated/α-hetero) is 1. The minimum absolute atomic E-state index is 0.0171. The van der Waals surface area contributed by atoms with E-state index in [2.05, 4.69) is 4.99 Å². The predicted octanol–water partition coefficient (Wildman–Crippen LogP) is 3.75. The van der Waals surface area contributed by atoms with Crippen molar-refractivity contribution in [1.82, 2.24) is 0 Å². The first-order chi connectivity index (χ1) is 16.7. The molecular weight excluding hydrogens is 469 g/mol. The van der Waals surface area contributed by atoms with Gasteiger partial charge in [-0.2, -0.15) is 0 Å². The molecule has 0 aromatic rings. The third kappa shape index (κ3) is 7.55. The lowest BCUT2D eigenvalue weighted by atomic mass is 9.71. The number of rotatable bonds is 7. The Morgan fingerprint density at radius 2 is 1.75 bits per heavy atom. The number of hydrogen-bond donors (Lipinski definition) is 2. The van der Waals surface area contributed by atoms with Crippen LogP contribution in [0, 0.1) is 29.6 Å². The summed E-state index contributed by atoms with van der Waals surface area (Å²) in [5.41, 5.74) is -1.96. The van der Waals surface area contributed by atoms with Crippen LogP contribution in [0.2, 0.25) is 0 Å². The van der Waals surface area contributed by atoms with E-state index in [0.717, 1.165) is 0 Å². The second-order valence-electron chi connectivity index (χ2n) is 10.8. The van der Waals surface area contributed by atoms with Crippen molar-refractivity contribution >= 4 is 17.5 Å². The molecule has 0 radical (unpaired) electrons. The molecule has 8 nitrogen and oxygen atoms in total. The summed E-state index contributed by atoms with van der Waals surface area (Å²) in [4.78, 5) is 30.8. The Kier molecular flexibility index (Phi) is 12.6. The second-order valence-corrected chi connectivity index (χ2v) is 10.8. The normalized spacial score (nSPS) is 40.7. The van der Waals surface area contributed by atoms with Crippen molar-refractivity contribution < 1.29 is 38.4 Å². The van der Waals surface area contributed by atoms with E-state index in [1.54, 1.807) is 27.9 Å². The van der Waals surface area contributed by atoms with Crippen LogP contribution in [0.25, 0.3) is 0 Å². The number of halogens is 1. The monoisotopic (exact) mass is 517 g/mol. The quantitative estimate of drug-likeness (QED) is 0.300. The van der Waals surface area contributed by atoms with Crippen molar-refractivity contribution in [2.24, 2.45) is 34.6 Å². The average molecular weight is 518 g/mol. The van der Waals surface area contributed by atoms with Crippen LogP contribution < -0.4 is 0 Å². The summed E-state index contributed by atoms with van der Waals surface area (Å²) in [6.07, 6.45) is -1.39. The van der Waals surface area contributed by atoms with Crippen molar-refractivity contribution in [1.29, 1.82) is 0 Å². The summed E-state index contributed by atoms with van der Waals surface area (Å²) >= 11 is 0. The minimum atomic E-state index is -1.81. The van der Waals surface area contributed by atoms with Gasteiger partial charge >= 0.3 is 5.97 Å². The topological polar surface area (TPSA) is 115 Å². The number of aliphatic hydroxyl groups excluding tert-OH is 1. The molecule has 9 atom stereocenters. The van der Waals surface area contributed by atoms with Gasteiger partial charge in [-0.1, -0.05) is 34.6 Å². The van der Waals surface area contributed by atoms with Gasteiger partial charge in [0.15, 0.2) is 0 Å². The van der Waals surface area contributed by atoms with Crippen molar-refractivity contribution in [3.63, 3.8) is 0 Å². The van der Waals surface area contributed by atoms with Crippen LogP contribution in [0.4, 0.5) is 4.39 Å². The third-order valence-corrected chi connectivity index (χ3v) is 8.21. The molecule has 36 heavy (non-hydrogen) atoms. The van der Waals surface area contributed by atoms with Gasteiger partial charge in [0.05, 0.1) is 25.0 Å². The van der Waals surface area contributed by atoms with Crippen molar-refractivity contribution in [2.75, 3.05) is 27.1 Å². The molecule has 1 fully saturated rings. The van der Waals surface area contributed by atoms with Gasteiger partial charge in [-0.3, -0.25) is 19.0 Å². The van der Waals surface area contributed by atoms with Crippen LogP contribution in [0.15, 0.2) is 4.99 Å². The van der Waals surface area contributed by atoms with E-state index in [-0.39, 0.29) is 43.8 Å². The van der Waals surface area contributed by atoms with E-state index in [1.807, 2.05) is 20.8 Å². The SMILES string of the molecule is CC[C@H]1OC(=O)[C@H](C)C(=O)[C@H](C)[C@@H](C)[C@](C)(OC)C[C@@H](C)C(=NCOCCCF)[C@H](C)[C@@H](O)[C@]1(C)O. The van der Waals surface area contributed by atoms with E-state index in [1.165, 1.54) is 13.8 Å². The molecule has 1 rings (SSSR count). The fourth-order valence-electron chi connectivity index (χ4n) is 5.26. The van der Waals surface area contributed by atoms with Gasteiger partial charge in [0, 0.05) is 24.7 Å². The molecule has 1 aliphatic rings. The molecule has 0 aromatic carbocycles. The summed E-state index contributed by atoms with van der Waals surface area (Å²) in [7, 11) is 1.59. The summed E-state index contributed by atoms with van der Waals surface area (Å²) < 4.78 is 29.4. The van der Waals surface area contributed by atoms with Crippen molar-refractivity contribution in [2.45, 2.75) is 98.1 Å². The molecule has 1 heterocycles. The number of aliphatic imine (C=N–C) groups is 1. The van der Waals surface area contributed by atoms with Gasteiger partial charge in [-0.15, -0.1) is 0 Å². The number of hydrogen-bond acceptors (Lipinski definition) is 8. The molecule has 0 bridgehead atoms. The number of aliphatic hydroxyl groups is 2. The number of esters is 1. The van der Waals surface area contributed by atoms with Gasteiger partial charge in [0.25, 0.3) is 0 Å². The van der Waals surface area contributed by atoms with Gasteiger partial charge in [-0.25, -0.2) is 0 Å². The summed E-state index contributed by atoms with van der Waals surface area (Å²) in [5, 5.41) is 22.7. The highest BCUT2D eigenvalue weighted by molar-refractivity contribution is 5.99. The minimum Gasteiger partial charge on any atom is -0.459 e. The Morgan fingerprint density at radius 1 is 1.14 bits per heavy atom. The smallest absolute Gasteiger partial charge is 0.316 e. The highest BCUT2D eigenvalue weighted by Gasteiger charge is 2.48. The predicted molar refractivity (Wildman–Crippen MR) is 137 cm³/mol. The van der Waals surface area contributed by atoms with Crippen LogP contribution >= 0.6 is 0 Å². The van der Waals surface area contributed by atoms with Crippen LogP contribution in [0.1, 0.15) is 74.7 Å². The lowest BCUT2D eigenvalue weighted by Crippen LogP contribution is -2.56. The number of alkyl halides is 1. The van der Waals surface area contributed by atoms with Crippen molar-refractivity contribution in [3.05, 3.63) is 0 Å². The molecule has 0 spiro atoms. The van der Waals surface area contributed by atoms with Crippen LogP contribution in [-0.2, 0) is 23.8 Å². The Bertz CT molecular complexity index is 758. The first-order valence-corrected chi connectivity index (χ1v) is 13.1. The molecule has 210 valence electrons. The lowest BCUT2D eigenvalue weighted by Gasteiger charge is -2.43. The number of carbonyl (C=O) groups excluding carboxylic acids is 2. The molecule has 0 amide bonds. The van der Waals surface area contributed by atoms with E-state index >= 15 is 0 Å². The molecule has 0 saturated carbocycles. The Morgan fingerprint density at radius 3 is 2.28 bits per heavy atom. The lowest BCUT2D eigenvalue weighted by molar-refractivity contribution is -0.186. The van der Waals surface area contributed by atoms with Crippen LogP contribution in [0.3, 0.4) is 0 Å². The zero-order valence-electron chi connectivity index (χ0n) is 23.5. The number of ether oxygens (including phenoxy) is 3. The largest absolute Gasteiger partial charge is 0.459 e. The zero-order chi connectivity index (χ0) is 27.8. The fourth-order valence-corrected chi connectivity index (χ4v) is 5.26. The summed E-state index contributed by atoms with van der Waals surface area (Å²) in [5.74, 6) is -3.60. The van der Waals surface area contributed by atoms with Gasteiger partial charge in [0.1, 0.15) is 30.1 Å². The van der Waals surface area contributed by atoms with E-state index < -0.39 is 53.8 Å². The van der Waals surface area contributed by atoms with Gasteiger partial charge in [0.2, 0.25) is 0 Å². The van der Waals surface area contributed by atoms with Crippen LogP contribution in [0.5, 0.6) is 0 Å². The molecule has 0 aliphatic carbocycles. The maximum absolute atomic E-state index is 13.3. The molecule has 9 heteroatoms. The summed E-state index contributed by atoms with van der Waals surface area (Å²) in [6, 6.07) is 0. The maximum Gasteiger partial charge on any atom is 0.316 e. The Labute approximate surface area is 216 Å².